The predicted molar refractivity (Wildman–Crippen MR) is 110 cm³/mol. The number of carboxylic acid groups (broad SMARTS) is 2. The molecule has 3 N–H and O–H groups in total. The highest BCUT2D eigenvalue weighted by molar-refractivity contribution is 7.93. The van der Waals surface area contributed by atoms with Crippen LogP contribution in [-0.4, -0.2) is 39.1 Å². The van der Waals surface area contributed by atoms with E-state index in [1.165, 1.54) is 0 Å². The normalized spacial score (nSPS) is 20.5. The topological polar surface area (TPSA) is 128 Å². The van der Waals surface area contributed by atoms with Crippen LogP contribution in [0.3, 0.4) is 0 Å². The zero-order valence-electron chi connectivity index (χ0n) is 17.3. The van der Waals surface area contributed by atoms with E-state index in [0.717, 1.165) is 29.7 Å². The van der Waals surface area contributed by atoms with Crippen molar-refractivity contribution in [2.24, 2.45) is 0 Å². The van der Waals surface area contributed by atoms with Gasteiger partial charge < -0.3 is 20.3 Å². The fourth-order valence-electron chi connectivity index (χ4n) is 4.07. The molecule has 0 amide bonds. The van der Waals surface area contributed by atoms with Crippen LogP contribution >= 0.6 is 0 Å². The Labute approximate surface area is 176 Å². The smallest absolute Gasteiger partial charge is 0.351 e. The first kappa shape index (κ1) is 23.6. The highest BCUT2D eigenvalue weighted by atomic mass is 32.2. The van der Waals surface area contributed by atoms with Gasteiger partial charge >= 0.3 is 5.97 Å². The minimum atomic E-state index is -3.43. The molecule has 1 aliphatic heterocycles. The summed E-state index contributed by atoms with van der Waals surface area (Å²) in [5.74, 6) is -4.01. The number of nitrogens with two attached hydrogens (primary N) is 1. The number of benzene rings is 2. The van der Waals surface area contributed by atoms with Crippen molar-refractivity contribution in [1.29, 1.82) is 0 Å². The molecule has 8 heteroatoms. The van der Waals surface area contributed by atoms with Crippen molar-refractivity contribution < 1.29 is 33.5 Å². The van der Waals surface area contributed by atoms with Crippen LogP contribution in [0.15, 0.2) is 54.6 Å². The van der Waals surface area contributed by atoms with Crippen molar-refractivity contribution in [3.05, 3.63) is 71.3 Å². The molecular formula is C22H27NO6S. The lowest BCUT2D eigenvalue weighted by molar-refractivity contribution is -0.627. The molecule has 3 rings (SSSR count). The Morgan fingerprint density at radius 3 is 2.00 bits per heavy atom. The number of carboxylic acids is 2. The Morgan fingerprint density at radius 1 is 1.00 bits per heavy atom. The Hall–Kier alpha value is -2.71. The number of fused-ring (bicyclic) bond motifs is 1. The van der Waals surface area contributed by atoms with Gasteiger partial charge in [0.05, 0.1) is 18.3 Å². The fourth-order valence-corrected chi connectivity index (χ4v) is 6.74. The molecule has 2 aromatic rings. The molecule has 0 radical (unpaired) electrons. The minimum absolute atomic E-state index is 0.615. The molecule has 7 nitrogen and oxygen atoms in total. The summed E-state index contributed by atoms with van der Waals surface area (Å²) in [6.07, 6.45) is 1.47. The number of quaternary nitrogens is 1. The van der Waals surface area contributed by atoms with E-state index in [1.807, 2.05) is 75.5 Å². The van der Waals surface area contributed by atoms with E-state index in [0.29, 0.717) is 6.42 Å². The van der Waals surface area contributed by atoms with E-state index in [1.54, 1.807) is 0 Å². The van der Waals surface area contributed by atoms with E-state index in [-0.39, 0.29) is 0 Å². The first-order valence-corrected chi connectivity index (χ1v) is 11.1. The number of carbonyl (C=O) groups is 2. The number of rotatable bonds is 5. The van der Waals surface area contributed by atoms with E-state index < -0.39 is 31.3 Å². The standard InChI is InChI=1S/C20H25NO2S.C2H2O4/c1-19(2)17-12-7-8-13-18(17)20(24(19,22)23,14-9-15-21-3)16-10-5-4-6-11-16;3-1(4)2(5)6/h4-8,10-13,21H,9,14-15H2,1-3H3;(H,3,4)(H,5,6). The second-order valence-electron chi connectivity index (χ2n) is 7.65. The van der Waals surface area contributed by atoms with Crippen molar-refractivity contribution in [3.63, 3.8) is 0 Å². The summed E-state index contributed by atoms with van der Waals surface area (Å²) < 4.78 is 25.7. The van der Waals surface area contributed by atoms with Crippen molar-refractivity contribution in [2.75, 3.05) is 13.6 Å². The molecule has 0 aliphatic carbocycles. The SMILES string of the molecule is C[NH2+]CCCC1(c2ccccc2)c2ccccc2C(C)(C)S1(=O)=O.O=C([O-])C(=O)O. The Bertz CT molecular complexity index is 1000. The molecule has 0 saturated heterocycles. The average Bonchev–Trinajstić information content (AvgIpc) is 2.85. The van der Waals surface area contributed by atoms with E-state index in [4.69, 9.17) is 19.8 Å². The molecule has 1 unspecified atom stereocenters. The molecule has 1 atom stereocenters. The van der Waals surface area contributed by atoms with Gasteiger partial charge in [-0.25, -0.2) is 13.2 Å². The maximum atomic E-state index is 13.8. The molecule has 0 aromatic heterocycles. The first-order valence-electron chi connectivity index (χ1n) is 9.65. The quantitative estimate of drug-likeness (QED) is 0.518. The molecule has 2 aromatic carbocycles. The predicted octanol–water partition coefficient (Wildman–Crippen LogP) is 0.388. The monoisotopic (exact) mass is 433 g/mol. The molecule has 0 fully saturated rings. The van der Waals surface area contributed by atoms with E-state index >= 15 is 0 Å². The van der Waals surface area contributed by atoms with Gasteiger partial charge in [0.15, 0.2) is 15.8 Å². The molecule has 0 spiro atoms. The first-order chi connectivity index (χ1) is 14.0. The van der Waals surface area contributed by atoms with Gasteiger partial charge in [-0.3, -0.25) is 0 Å². The van der Waals surface area contributed by atoms with E-state index in [2.05, 4.69) is 5.32 Å². The Kier molecular flexibility index (Phi) is 7.05. The zero-order valence-corrected chi connectivity index (χ0v) is 18.1. The third-order valence-corrected chi connectivity index (χ3v) is 8.72. The third-order valence-electron chi connectivity index (χ3n) is 5.58. The van der Waals surface area contributed by atoms with Crippen LogP contribution in [0.1, 0.15) is 43.4 Å². The average molecular weight is 434 g/mol. The molecule has 0 bridgehead atoms. The molecule has 0 saturated carbocycles. The minimum Gasteiger partial charge on any atom is -0.539 e. The number of carbonyl (C=O) groups excluding carboxylic acids is 1. The van der Waals surface area contributed by atoms with Gasteiger partial charge in [-0.2, -0.15) is 0 Å². The van der Waals surface area contributed by atoms with Crippen LogP contribution in [0, 0.1) is 0 Å². The molecule has 30 heavy (non-hydrogen) atoms. The summed E-state index contributed by atoms with van der Waals surface area (Å²) in [4.78, 5) is 18.0. The van der Waals surface area contributed by atoms with Crippen LogP contribution in [0.25, 0.3) is 0 Å². The maximum Gasteiger partial charge on any atom is 0.351 e. The summed E-state index contributed by atoms with van der Waals surface area (Å²) in [6.45, 7) is 4.61. The number of sulfone groups is 1. The van der Waals surface area contributed by atoms with Crippen LogP contribution < -0.4 is 10.4 Å². The largest absolute Gasteiger partial charge is 0.539 e. The van der Waals surface area contributed by atoms with Crippen molar-refractivity contribution >= 4 is 21.8 Å². The molecule has 162 valence electrons. The van der Waals surface area contributed by atoms with Crippen molar-refractivity contribution in [1.82, 2.24) is 0 Å². The van der Waals surface area contributed by atoms with Gasteiger partial charge in [-0.15, -0.1) is 0 Å². The highest BCUT2D eigenvalue weighted by Gasteiger charge is 2.61. The van der Waals surface area contributed by atoms with Gasteiger partial charge in [-0.1, -0.05) is 54.6 Å². The Balaban J connectivity index is 0.000000469. The number of hydrogen-bond donors (Lipinski definition) is 2. The lowest BCUT2D eigenvalue weighted by Crippen LogP contribution is -2.79. The zero-order chi connectivity index (χ0) is 22.6. The Morgan fingerprint density at radius 2 is 1.50 bits per heavy atom. The van der Waals surface area contributed by atoms with Gasteiger partial charge in [-0.05, 0) is 43.4 Å². The van der Waals surface area contributed by atoms with Crippen LogP contribution in [-0.2, 0) is 28.9 Å². The maximum absolute atomic E-state index is 13.8. The second kappa shape index (κ2) is 8.97. The summed E-state index contributed by atoms with van der Waals surface area (Å²) in [7, 11) is -1.41. The summed E-state index contributed by atoms with van der Waals surface area (Å²) in [5, 5.41) is 18.4. The lowest BCUT2D eigenvalue weighted by Gasteiger charge is -2.32. The number of hydrogen-bond acceptors (Lipinski definition) is 5. The van der Waals surface area contributed by atoms with Gasteiger partial charge in [0.25, 0.3) is 0 Å². The molecular weight excluding hydrogens is 406 g/mol. The summed E-state index contributed by atoms with van der Waals surface area (Å²) in [5.41, 5.74) is 2.78. The molecule has 1 aliphatic rings. The van der Waals surface area contributed by atoms with Crippen LogP contribution in [0.5, 0.6) is 0 Å². The molecule has 1 heterocycles. The summed E-state index contributed by atoms with van der Waals surface area (Å²) in [6, 6.07) is 17.6. The highest BCUT2D eigenvalue weighted by Crippen LogP contribution is 2.57. The van der Waals surface area contributed by atoms with Gasteiger partial charge in [0.2, 0.25) is 0 Å². The van der Waals surface area contributed by atoms with Crippen LogP contribution in [0.4, 0.5) is 0 Å². The van der Waals surface area contributed by atoms with Gasteiger partial charge in [0, 0.05) is 0 Å². The fraction of sp³-hybridized carbons (Fsp3) is 0.364. The van der Waals surface area contributed by atoms with Crippen LogP contribution in [0.2, 0.25) is 0 Å². The second-order valence-corrected chi connectivity index (χ2v) is 10.4. The van der Waals surface area contributed by atoms with Crippen molar-refractivity contribution in [2.45, 2.75) is 36.2 Å². The number of aliphatic carboxylic acids is 2. The van der Waals surface area contributed by atoms with Crippen molar-refractivity contribution in [3.8, 4) is 0 Å². The lowest BCUT2D eigenvalue weighted by atomic mass is 9.82. The third kappa shape index (κ3) is 3.85. The van der Waals surface area contributed by atoms with E-state index in [9.17, 15) is 8.42 Å². The summed E-state index contributed by atoms with van der Waals surface area (Å²) >= 11 is 0. The van der Waals surface area contributed by atoms with Gasteiger partial charge in [0.1, 0.15) is 4.75 Å².